The number of aliphatic imine (C=N–C) groups is 1. The molecule has 230 valence electrons. The number of aliphatic hydroxyl groups is 2. The SMILES string of the molecule is COc1cccc([C@H]2OC(c3ccc(OCCCO)cc3)=N[C@@]2(Cc2ccccc2N=[N+]=[N-])C(=O)NC2CCC(O)CC2)c1. The number of amides is 1. The van der Waals surface area contributed by atoms with Gasteiger partial charge < -0.3 is 29.7 Å². The van der Waals surface area contributed by atoms with Crippen molar-refractivity contribution in [3.05, 3.63) is 99.9 Å². The number of hydrogen-bond donors (Lipinski definition) is 3. The highest BCUT2D eigenvalue weighted by atomic mass is 16.5. The second-order valence-electron chi connectivity index (χ2n) is 11.0. The molecule has 1 aliphatic heterocycles. The molecular formula is C33H37N5O6. The van der Waals surface area contributed by atoms with Crippen LogP contribution in [0.5, 0.6) is 11.5 Å². The number of hydrogen-bond acceptors (Lipinski definition) is 8. The Labute approximate surface area is 256 Å². The van der Waals surface area contributed by atoms with Gasteiger partial charge in [0.25, 0.3) is 5.91 Å². The lowest BCUT2D eigenvalue weighted by Crippen LogP contribution is -2.53. The highest BCUT2D eigenvalue weighted by Gasteiger charge is 2.54. The third kappa shape index (κ3) is 6.97. The van der Waals surface area contributed by atoms with E-state index in [2.05, 4.69) is 15.3 Å². The Kier molecular flexibility index (Phi) is 10.0. The van der Waals surface area contributed by atoms with E-state index in [0.717, 1.165) is 0 Å². The topological polar surface area (TPSA) is 158 Å². The lowest BCUT2D eigenvalue weighted by molar-refractivity contribution is -0.130. The molecule has 5 rings (SSSR count). The van der Waals surface area contributed by atoms with E-state index in [1.165, 1.54) is 0 Å². The van der Waals surface area contributed by atoms with Gasteiger partial charge >= 0.3 is 0 Å². The van der Waals surface area contributed by atoms with Gasteiger partial charge in [0.2, 0.25) is 5.90 Å². The van der Waals surface area contributed by atoms with Crippen molar-refractivity contribution in [2.45, 2.75) is 62.3 Å². The maximum Gasteiger partial charge on any atom is 0.252 e. The Balaban J connectivity index is 1.60. The summed E-state index contributed by atoms with van der Waals surface area (Å²) in [6.45, 7) is 0.431. The van der Waals surface area contributed by atoms with Gasteiger partial charge in [0, 0.05) is 41.7 Å². The molecule has 1 aliphatic carbocycles. The van der Waals surface area contributed by atoms with Crippen LogP contribution in [-0.2, 0) is 16.0 Å². The number of aliphatic hydroxyl groups excluding tert-OH is 2. The van der Waals surface area contributed by atoms with Gasteiger partial charge in [0.05, 0.1) is 19.8 Å². The number of carbonyl (C=O) groups excluding carboxylic acids is 1. The molecule has 0 saturated heterocycles. The molecule has 2 aliphatic rings. The van der Waals surface area contributed by atoms with E-state index in [4.69, 9.17) is 24.3 Å². The second kappa shape index (κ2) is 14.3. The molecule has 2 atom stereocenters. The van der Waals surface area contributed by atoms with Crippen molar-refractivity contribution < 1.29 is 29.2 Å². The molecular weight excluding hydrogens is 562 g/mol. The van der Waals surface area contributed by atoms with Crippen LogP contribution in [0, 0.1) is 0 Å². The lowest BCUT2D eigenvalue weighted by Gasteiger charge is -2.34. The van der Waals surface area contributed by atoms with Gasteiger partial charge in [-0.15, -0.1) is 0 Å². The number of carbonyl (C=O) groups is 1. The summed E-state index contributed by atoms with van der Waals surface area (Å²) in [5, 5.41) is 26.2. The number of nitrogens with zero attached hydrogens (tertiary/aromatic N) is 4. The standard InChI is InChI=1S/C33H37N5O6/c1-42-28-8-4-7-23(20-28)30-33(21-24-6-2-3-9-29(24)37-38-34,32(41)35-25-12-14-26(40)15-13-25)36-31(44-30)22-10-16-27(17-11-22)43-19-5-18-39/h2-4,6-11,16-17,20,25-26,30,39-40H,5,12-15,18-19,21H2,1H3,(H,35,41)/t25?,26?,30-,33-/m1/s1. The zero-order chi connectivity index (χ0) is 30.9. The molecule has 0 spiro atoms. The highest BCUT2D eigenvalue weighted by molar-refractivity contribution is 6.01. The smallest absolute Gasteiger partial charge is 0.252 e. The van der Waals surface area contributed by atoms with Gasteiger partial charge in [0.15, 0.2) is 11.6 Å². The van der Waals surface area contributed by atoms with Crippen molar-refractivity contribution >= 4 is 17.5 Å². The van der Waals surface area contributed by atoms with Gasteiger partial charge in [-0.05, 0) is 78.7 Å². The maximum absolute atomic E-state index is 14.6. The van der Waals surface area contributed by atoms with Crippen LogP contribution in [0.25, 0.3) is 10.4 Å². The number of nitrogens with one attached hydrogen (secondary N) is 1. The normalized spacial score (nSPS) is 22.7. The quantitative estimate of drug-likeness (QED) is 0.111. The van der Waals surface area contributed by atoms with E-state index in [0.29, 0.717) is 72.6 Å². The summed E-state index contributed by atoms with van der Waals surface area (Å²) in [6.07, 6.45) is 1.91. The molecule has 0 aromatic heterocycles. The summed E-state index contributed by atoms with van der Waals surface area (Å²) in [4.78, 5) is 22.6. The van der Waals surface area contributed by atoms with Crippen LogP contribution in [0.4, 0.5) is 5.69 Å². The molecule has 1 saturated carbocycles. The number of benzene rings is 3. The molecule has 44 heavy (non-hydrogen) atoms. The average Bonchev–Trinajstić information content (AvgIpc) is 3.44. The minimum absolute atomic E-state index is 0.0444. The lowest BCUT2D eigenvalue weighted by atomic mass is 9.81. The van der Waals surface area contributed by atoms with E-state index in [9.17, 15) is 15.4 Å². The van der Waals surface area contributed by atoms with Gasteiger partial charge in [-0.3, -0.25) is 4.79 Å². The predicted molar refractivity (Wildman–Crippen MR) is 165 cm³/mol. The first-order valence-corrected chi connectivity index (χ1v) is 14.8. The molecule has 3 aromatic rings. The van der Waals surface area contributed by atoms with Crippen molar-refractivity contribution in [2.24, 2.45) is 10.1 Å². The Hall–Kier alpha value is -4.57. The molecule has 0 bridgehead atoms. The first kappa shape index (κ1) is 30.9. The van der Waals surface area contributed by atoms with E-state index < -0.39 is 11.6 Å². The molecule has 1 fully saturated rings. The average molecular weight is 600 g/mol. The van der Waals surface area contributed by atoms with Crippen molar-refractivity contribution in [3.63, 3.8) is 0 Å². The summed E-state index contributed by atoms with van der Waals surface area (Å²) in [5.74, 6) is 1.21. The Bertz CT molecular complexity index is 1520. The van der Waals surface area contributed by atoms with E-state index >= 15 is 0 Å². The third-order valence-corrected chi connectivity index (χ3v) is 8.06. The maximum atomic E-state index is 14.6. The molecule has 1 amide bonds. The Morgan fingerprint density at radius 3 is 2.59 bits per heavy atom. The minimum Gasteiger partial charge on any atom is -0.497 e. The van der Waals surface area contributed by atoms with Crippen LogP contribution in [0.1, 0.15) is 54.9 Å². The Morgan fingerprint density at radius 1 is 1.09 bits per heavy atom. The van der Waals surface area contributed by atoms with Gasteiger partial charge in [-0.25, -0.2) is 4.99 Å². The van der Waals surface area contributed by atoms with Crippen molar-refractivity contribution in [3.8, 4) is 11.5 Å². The van der Waals surface area contributed by atoms with Crippen LogP contribution in [0.3, 0.4) is 0 Å². The van der Waals surface area contributed by atoms with Crippen molar-refractivity contribution in [2.75, 3.05) is 20.3 Å². The first-order valence-electron chi connectivity index (χ1n) is 14.8. The van der Waals surface area contributed by atoms with Crippen molar-refractivity contribution in [1.29, 1.82) is 0 Å². The summed E-state index contributed by atoms with van der Waals surface area (Å²) in [7, 11) is 1.58. The number of ether oxygens (including phenoxy) is 3. The molecule has 11 nitrogen and oxygen atoms in total. The summed E-state index contributed by atoms with van der Waals surface area (Å²) >= 11 is 0. The highest BCUT2D eigenvalue weighted by Crippen LogP contribution is 2.44. The van der Waals surface area contributed by atoms with E-state index in [-0.39, 0.29) is 37.0 Å². The van der Waals surface area contributed by atoms with Crippen LogP contribution in [-0.4, -0.2) is 60.0 Å². The summed E-state index contributed by atoms with van der Waals surface area (Å²) < 4.78 is 17.8. The fourth-order valence-electron chi connectivity index (χ4n) is 5.71. The van der Waals surface area contributed by atoms with Gasteiger partial charge in [-0.2, -0.15) is 0 Å². The van der Waals surface area contributed by atoms with Crippen LogP contribution >= 0.6 is 0 Å². The fraction of sp³-hybridized carbons (Fsp3) is 0.394. The molecule has 0 unspecified atom stereocenters. The zero-order valence-corrected chi connectivity index (χ0v) is 24.6. The van der Waals surface area contributed by atoms with E-state index in [1.807, 2.05) is 48.5 Å². The fourth-order valence-corrected chi connectivity index (χ4v) is 5.71. The van der Waals surface area contributed by atoms with Crippen LogP contribution < -0.4 is 14.8 Å². The van der Waals surface area contributed by atoms with Crippen LogP contribution in [0.2, 0.25) is 0 Å². The third-order valence-electron chi connectivity index (χ3n) is 8.06. The number of rotatable bonds is 12. The minimum atomic E-state index is -1.48. The summed E-state index contributed by atoms with van der Waals surface area (Å²) in [6, 6.07) is 21.6. The van der Waals surface area contributed by atoms with Crippen molar-refractivity contribution in [1.82, 2.24) is 5.32 Å². The Morgan fingerprint density at radius 2 is 1.86 bits per heavy atom. The first-order chi connectivity index (χ1) is 21.5. The molecule has 1 heterocycles. The molecule has 3 N–H and O–H groups in total. The molecule has 0 radical (unpaired) electrons. The van der Waals surface area contributed by atoms with Crippen LogP contribution in [0.15, 0.2) is 82.9 Å². The zero-order valence-electron chi connectivity index (χ0n) is 24.6. The number of methoxy groups -OCH3 is 1. The largest absolute Gasteiger partial charge is 0.497 e. The molecule has 11 heteroatoms. The second-order valence-corrected chi connectivity index (χ2v) is 11.0. The van der Waals surface area contributed by atoms with E-state index in [1.54, 1.807) is 31.4 Å². The summed E-state index contributed by atoms with van der Waals surface area (Å²) in [5.41, 5.74) is 10.2. The predicted octanol–water partition coefficient (Wildman–Crippen LogP) is 5.32. The molecule has 3 aromatic carbocycles. The van der Waals surface area contributed by atoms with Gasteiger partial charge in [0.1, 0.15) is 11.5 Å². The number of azide groups is 1. The van der Waals surface area contributed by atoms with Gasteiger partial charge in [-0.1, -0.05) is 41.5 Å². The monoisotopic (exact) mass is 599 g/mol.